The summed E-state index contributed by atoms with van der Waals surface area (Å²) in [5, 5.41) is 10.3. The molecule has 0 saturated carbocycles. The summed E-state index contributed by atoms with van der Waals surface area (Å²) in [4.78, 5) is 0. The normalized spacial score (nSPS) is 13.0. The highest BCUT2D eigenvalue weighted by Gasteiger charge is 2.14. The van der Waals surface area contributed by atoms with E-state index < -0.39 is 6.10 Å². The molecule has 0 heterocycles. The molecule has 0 aliphatic carbocycles. The van der Waals surface area contributed by atoms with E-state index >= 15 is 0 Å². The lowest BCUT2D eigenvalue weighted by molar-refractivity contribution is 0.186. The number of aliphatic hydroxyl groups is 1. The molecule has 3 N–H and O–H groups in total. The smallest absolute Gasteiger partial charge is 0.0915 e. The highest BCUT2D eigenvalue weighted by atomic mass is 79.9. The van der Waals surface area contributed by atoms with Crippen LogP contribution in [0.15, 0.2) is 10.5 Å². The molecule has 14 heavy (non-hydrogen) atoms. The molecule has 0 fully saturated rings. The van der Waals surface area contributed by atoms with Crippen molar-refractivity contribution in [2.75, 3.05) is 6.54 Å². The van der Waals surface area contributed by atoms with Crippen LogP contribution in [-0.4, -0.2) is 11.7 Å². The second-order valence-corrected chi connectivity index (χ2v) is 4.46. The van der Waals surface area contributed by atoms with Crippen molar-refractivity contribution in [2.24, 2.45) is 5.73 Å². The van der Waals surface area contributed by atoms with Gasteiger partial charge in [0.2, 0.25) is 0 Å². The first kappa shape index (κ1) is 12.0. The maximum absolute atomic E-state index is 9.65. The fourth-order valence-corrected chi connectivity index (χ4v) is 2.11. The van der Waals surface area contributed by atoms with Gasteiger partial charge in [-0.2, -0.15) is 0 Å². The number of halogens is 2. The highest BCUT2D eigenvalue weighted by molar-refractivity contribution is 9.10. The molecule has 0 aromatic heterocycles. The molecule has 0 amide bonds. The van der Waals surface area contributed by atoms with Crippen molar-refractivity contribution in [1.82, 2.24) is 0 Å². The van der Waals surface area contributed by atoms with Crippen LogP contribution in [0.2, 0.25) is 5.02 Å². The molecule has 0 bridgehead atoms. The van der Waals surface area contributed by atoms with Crippen molar-refractivity contribution in [2.45, 2.75) is 20.0 Å². The lowest BCUT2D eigenvalue weighted by atomic mass is 10.0. The van der Waals surface area contributed by atoms with Gasteiger partial charge >= 0.3 is 0 Å². The van der Waals surface area contributed by atoms with Crippen LogP contribution in [0.3, 0.4) is 0 Å². The third-order valence-electron chi connectivity index (χ3n) is 2.31. The molecule has 1 rings (SSSR count). The third kappa shape index (κ3) is 2.11. The highest BCUT2D eigenvalue weighted by Crippen LogP contribution is 2.32. The molecule has 1 atom stereocenters. The molecule has 0 aliphatic heterocycles. The molecule has 1 aromatic rings. The first-order valence-electron chi connectivity index (χ1n) is 4.32. The van der Waals surface area contributed by atoms with Gasteiger partial charge in [-0.05, 0) is 36.6 Å². The monoisotopic (exact) mass is 277 g/mol. The molecule has 1 unspecified atom stereocenters. The van der Waals surface area contributed by atoms with E-state index in [-0.39, 0.29) is 6.54 Å². The second-order valence-electron chi connectivity index (χ2n) is 3.26. The van der Waals surface area contributed by atoms with Crippen LogP contribution in [0.4, 0.5) is 0 Å². The SMILES string of the molecule is Cc1c(Cl)cc(C(O)CN)c(C)c1Br. The molecule has 0 spiro atoms. The Hall–Kier alpha value is -0.0900. The zero-order valence-electron chi connectivity index (χ0n) is 8.14. The van der Waals surface area contributed by atoms with E-state index in [2.05, 4.69) is 15.9 Å². The van der Waals surface area contributed by atoms with Crippen molar-refractivity contribution in [3.05, 3.63) is 32.3 Å². The van der Waals surface area contributed by atoms with Crippen LogP contribution in [0.25, 0.3) is 0 Å². The maximum atomic E-state index is 9.65. The molecule has 2 nitrogen and oxygen atoms in total. The van der Waals surface area contributed by atoms with Gasteiger partial charge in [-0.3, -0.25) is 0 Å². The van der Waals surface area contributed by atoms with Crippen LogP contribution < -0.4 is 5.73 Å². The Kier molecular flexibility index (Phi) is 3.95. The minimum absolute atomic E-state index is 0.201. The van der Waals surface area contributed by atoms with Crippen LogP contribution >= 0.6 is 27.5 Å². The third-order valence-corrected chi connectivity index (χ3v) is 3.90. The van der Waals surface area contributed by atoms with E-state index in [1.807, 2.05) is 13.8 Å². The summed E-state index contributed by atoms with van der Waals surface area (Å²) in [6.45, 7) is 4.06. The minimum atomic E-state index is -0.649. The van der Waals surface area contributed by atoms with Crippen molar-refractivity contribution in [3.8, 4) is 0 Å². The quantitative estimate of drug-likeness (QED) is 0.874. The Morgan fingerprint density at radius 2 is 2.07 bits per heavy atom. The largest absolute Gasteiger partial charge is 0.387 e. The predicted molar refractivity (Wildman–Crippen MR) is 62.6 cm³/mol. The summed E-state index contributed by atoms with van der Waals surface area (Å²) < 4.78 is 0.938. The first-order valence-corrected chi connectivity index (χ1v) is 5.49. The zero-order chi connectivity index (χ0) is 10.9. The van der Waals surface area contributed by atoms with E-state index in [1.54, 1.807) is 6.07 Å². The van der Waals surface area contributed by atoms with Gasteiger partial charge < -0.3 is 10.8 Å². The van der Waals surface area contributed by atoms with Gasteiger partial charge in [0.25, 0.3) is 0 Å². The molecular formula is C10H13BrClNO. The number of nitrogens with two attached hydrogens (primary N) is 1. The van der Waals surface area contributed by atoms with Crippen molar-refractivity contribution < 1.29 is 5.11 Å². The van der Waals surface area contributed by atoms with Gasteiger partial charge in [0, 0.05) is 16.0 Å². The number of benzene rings is 1. The Morgan fingerprint density at radius 1 is 1.50 bits per heavy atom. The zero-order valence-corrected chi connectivity index (χ0v) is 10.5. The van der Waals surface area contributed by atoms with Gasteiger partial charge in [0.05, 0.1) is 6.10 Å². The van der Waals surface area contributed by atoms with Gasteiger partial charge in [-0.25, -0.2) is 0 Å². The van der Waals surface area contributed by atoms with Crippen LogP contribution in [0.1, 0.15) is 22.8 Å². The molecule has 1 aromatic carbocycles. The van der Waals surface area contributed by atoms with Gasteiger partial charge in [-0.15, -0.1) is 0 Å². The van der Waals surface area contributed by atoms with Crippen molar-refractivity contribution in [3.63, 3.8) is 0 Å². The van der Waals surface area contributed by atoms with E-state index in [1.165, 1.54) is 0 Å². The summed E-state index contributed by atoms with van der Waals surface area (Å²) in [6, 6.07) is 1.77. The number of hydrogen-bond donors (Lipinski definition) is 2. The number of hydrogen-bond acceptors (Lipinski definition) is 2. The van der Waals surface area contributed by atoms with Gasteiger partial charge in [0.15, 0.2) is 0 Å². The molecule has 0 saturated heterocycles. The summed E-state index contributed by atoms with van der Waals surface area (Å²) in [7, 11) is 0. The Morgan fingerprint density at radius 3 is 2.57 bits per heavy atom. The van der Waals surface area contributed by atoms with Crippen LogP contribution in [0.5, 0.6) is 0 Å². The molecule has 4 heteroatoms. The summed E-state index contributed by atoms with van der Waals surface area (Å²) in [5.41, 5.74) is 8.16. The number of rotatable bonds is 2. The van der Waals surface area contributed by atoms with E-state index in [0.717, 1.165) is 21.2 Å². The minimum Gasteiger partial charge on any atom is -0.387 e. The molecule has 0 radical (unpaired) electrons. The molecular weight excluding hydrogens is 265 g/mol. The first-order chi connectivity index (χ1) is 6.49. The average molecular weight is 279 g/mol. The van der Waals surface area contributed by atoms with Gasteiger partial charge in [-0.1, -0.05) is 27.5 Å². The summed E-state index contributed by atoms with van der Waals surface area (Å²) in [5.74, 6) is 0. The predicted octanol–water partition coefficient (Wildman–Crippen LogP) is 2.71. The topological polar surface area (TPSA) is 46.2 Å². The fourth-order valence-electron chi connectivity index (χ4n) is 1.34. The Bertz CT molecular complexity index is 354. The van der Waals surface area contributed by atoms with Crippen LogP contribution in [0, 0.1) is 13.8 Å². The Labute approximate surface area is 97.2 Å². The molecule has 0 aliphatic rings. The molecule has 78 valence electrons. The van der Waals surface area contributed by atoms with Crippen molar-refractivity contribution >= 4 is 27.5 Å². The fraction of sp³-hybridized carbons (Fsp3) is 0.400. The van der Waals surface area contributed by atoms with E-state index in [9.17, 15) is 5.11 Å². The number of aliphatic hydroxyl groups excluding tert-OH is 1. The van der Waals surface area contributed by atoms with E-state index in [0.29, 0.717) is 5.02 Å². The van der Waals surface area contributed by atoms with E-state index in [4.69, 9.17) is 17.3 Å². The Balaban J connectivity index is 3.33. The lowest BCUT2D eigenvalue weighted by Gasteiger charge is -2.15. The second kappa shape index (κ2) is 4.62. The van der Waals surface area contributed by atoms with Crippen molar-refractivity contribution in [1.29, 1.82) is 0 Å². The average Bonchev–Trinajstić information content (AvgIpc) is 2.19. The lowest BCUT2D eigenvalue weighted by Crippen LogP contribution is -2.13. The standard InChI is InChI=1S/C10H13BrClNO/c1-5-7(9(14)4-13)3-8(12)6(2)10(5)11/h3,9,14H,4,13H2,1-2H3. The van der Waals surface area contributed by atoms with Crippen LogP contribution in [-0.2, 0) is 0 Å². The summed E-state index contributed by atoms with van der Waals surface area (Å²) >= 11 is 9.45. The van der Waals surface area contributed by atoms with Gasteiger partial charge in [0.1, 0.15) is 0 Å². The summed E-state index contributed by atoms with van der Waals surface area (Å²) in [6.07, 6.45) is -0.649. The maximum Gasteiger partial charge on any atom is 0.0915 e.